The number of anilines is 1. The summed E-state index contributed by atoms with van der Waals surface area (Å²) in [6, 6.07) is 12.8. The summed E-state index contributed by atoms with van der Waals surface area (Å²) in [7, 11) is 4.93. The Labute approximate surface area is 169 Å². The number of hydrogen-bond acceptors (Lipinski definition) is 6. The first-order valence-electron chi connectivity index (χ1n) is 8.90. The van der Waals surface area contributed by atoms with Gasteiger partial charge in [0.1, 0.15) is 11.5 Å². The molecule has 0 N–H and O–H groups in total. The predicted octanol–water partition coefficient (Wildman–Crippen LogP) is 3.19. The van der Waals surface area contributed by atoms with E-state index in [1.165, 1.54) is 16.9 Å². The summed E-state index contributed by atoms with van der Waals surface area (Å²) in [5, 5.41) is 0. The molecule has 0 radical (unpaired) electrons. The van der Waals surface area contributed by atoms with Gasteiger partial charge in [-0.05, 0) is 43.1 Å². The number of likely N-dealkylation sites (N-methyl/N-ethyl adjacent to an activating group) is 1. The van der Waals surface area contributed by atoms with Gasteiger partial charge in [-0.3, -0.25) is 14.5 Å². The smallest absolute Gasteiger partial charge is 0.251 e. The molecule has 6 nitrogen and oxygen atoms in total. The lowest BCUT2D eigenvalue weighted by Gasteiger charge is -2.23. The lowest BCUT2D eigenvalue weighted by molar-refractivity contribution is -0.122. The Bertz CT molecular complexity index is 869. The summed E-state index contributed by atoms with van der Waals surface area (Å²) < 4.78 is 10.6. The maximum Gasteiger partial charge on any atom is 0.251 e. The molecule has 0 aliphatic carbocycles. The Balaban J connectivity index is 1.79. The van der Waals surface area contributed by atoms with Crippen LogP contribution in [-0.2, 0) is 16.1 Å². The van der Waals surface area contributed by atoms with Crippen molar-refractivity contribution in [1.82, 2.24) is 4.90 Å². The van der Waals surface area contributed by atoms with Crippen molar-refractivity contribution in [2.75, 3.05) is 32.4 Å². The zero-order valence-corrected chi connectivity index (χ0v) is 17.3. The highest BCUT2D eigenvalue weighted by Crippen LogP contribution is 2.36. The van der Waals surface area contributed by atoms with E-state index in [1.807, 2.05) is 30.3 Å². The number of nitrogens with zero attached hydrogens (tertiary/aromatic N) is 2. The normalized spacial score (nSPS) is 16.8. The van der Waals surface area contributed by atoms with Gasteiger partial charge >= 0.3 is 0 Å². The standard InChI is InChI=1S/C21H24N2O4S/c1-22(13-14-5-8-16(28-4)9-6-14)18-12-20(24)23(21(18)25)17-10-7-15(26-2)11-19(17)27-3/h5-11,18H,12-13H2,1-4H3/t18-/m0/s1. The minimum Gasteiger partial charge on any atom is -0.497 e. The minimum atomic E-state index is -0.500. The van der Waals surface area contributed by atoms with Gasteiger partial charge in [-0.25, -0.2) is 4.90 Å². The van der Waals surface area contributed by atoms with Crippen LogP contribution < -0.4 is 14.4 Å². The molecule has 1 heterocycles. The molecule has 1 saturated heterocycles. The molecular formula is C21H24N2O4S. The van der Waals surface area contributed by atoms with Crippen molar-refractivity contribution in [3.8, 4) is 11.5 Å². The van der Waals surface area contributed by atoms with E-state index in [0.29, 0.717) is 23.7 Å². The van der Waals surface area contributed by atoms with Crippen molar-refractivity contribution in [3.05, 3.63) is 48.0 Å². The maximum atomic E-state index is 13.0. The van der Waals surface area contributed by atoms with Crippen LogP contribution >= 0.6 is 11.8 Å². The number of benzene rings is 2. The third-order valence-electron chi connectivity index (χ3n) is 4.87. The van der Waals surface area contributed by atoms with E-state index in [0.717, 1.165) is 5.56 Å². The van der Waals surface area contributed by atoms with Gasteiger partial charge in [-0.1, -0.05) is 12.1 Å². The average Bonchev–Trinajstić information content (AvgIpc) is 3.02. The quantitative estimate of drug-likeness (QED) is 0.526. The van der Waals surface area contributed by atoms with E-state index < -0.39 is 6.04 Å². The molecule has 148 valence electrons. The zero-order chi connectivity index (χ0) is 20.3. The first-order valence-corrected chi connectivity index (χ1v) is 10.1. The van der Waals surface area contributed by atoms with Crippen LogP contribution in [0.25, 0.3) is 0 Å². The molecule has 1 aliphatic rings. The van der Waals surface area contributed by atoms with E-state index >= 15 is 0 Å². The van der Waals surface area contributed by atoms with Crippen molar-refractivity contribution in [2.45, 2.75) is 23.9 Å². The van der Waals surface area contributed by atoms with Crippen LogP contribution in [0.1, 0.15) is 12.0 Å². The number of ether oxygens (including phenoxy) is 2. The van der Waals surface area contributed by atoms with Crippen LogP contribution in [0.4, 0.5) is 5.69 Å². The van der Waals surface area contributed by atoms with Crippen LogP contribution in [0.3, 0.4) is 0 Å². The van der Waals surface area contributed by atoms with Crippen molar-refractivity contribution in [1.29, 1.82) is 0 Å². The average molecular weight is 401 g/mol. The number of carbonyl (C=O) groups is 2. The molecular weight excluding hydrogens is 376 g/mol. The number of rotatable bonds is 7. The minimum absolute atomic E-state index is 0.146. The molecule has 7 heteroatoms. The van der Waals surface area contributed by atoms with Gasteiger partial charge in [0.15, 0.2) is 0 Å². The number of methoxy groups -OCH3 is 2. The first-order chi connectivity index (χ1) is 13.5. The fraction of sp³-hybridized carbons (Fsp3) is 0.333. The third-order valence-corrected chi connectivity index (χ3v) is 5.62. The summed E-state index contributed by atoms with van der Waals surface area (Å²) >= 11 is 1.69. The van der Waals surface area contributed by atoms with E-state index in [-0.39, 0.29) is 18.2 Å². The van der Waals surface area contributed by atoms with Crippen LogP contribution in [0.15, 0.2) is 47.4 Å². The summed E-state index contributed by atoms with van der Waals surface area (Å²) in [6.45, 7) is 0.589. The fourth-order valence-electron chi connectivity index (χ4n) is 3.31. The number of thioether (sulfide) groups is 1. The lowest BCUT2D eigenvalue weighted by Crippen LogP contribution is -2.39. The van der Waals surface area contributed by atoms with Gasteiger partial charge in [-0.2, -0.15) is 0 Å². The van der Waals surface area contributed by atoms with E-state index in [1.54, 1.807) is 37.1 Å². The highest BCUT2D eigenvalue weighted by Gasteiger charge is 2.42. The maximum absolute atomic E-state index is 13.0. The molecule has 0 unspecified atom stereocenters. The highest BCUT2D eigenvalue weighted by atomic mass is 32.2. The second-order valence-corrected chi connectivity index (χ2v) is 7.47. The van der Waals surface area contributed by atoms with Crippen molar-refractivity contribution in [2.24, 2.45) is 0 Å². The Hall–Kier alpha value is -2.51. The number of carbonyl (C=O) groups excluding carboxylic acids is 2. The van der Waals surface area contributed by atoms with Crippen molar-refractivity contribution in [3.63, 3.8) is 0 Å². The van der Waals surface area contributed by atoms with E-state index in [9.17, 15) is 9.59 Å². The van der Waals surface area contributed by atoms with E-state index in [2.05, 4.69) is 12.1 Å². The molecule has 0 bridgehead atoms. The summed E-state index contributed by atoms with van der Waals surface area (Å²) in [5.41, 5.74) is 1.54. The molecule has 28 heavy (non-hydrogen) atoms. The topological polar surface area (TPSA) is 59.1 Å². The largest absolute Gasteiger partial charge is 0.497 e. The second kappa shape index (κ2) is 8.67. The molecule has 0 spiro atoms. The molecule has 1 atom stereocenters. The van der Waals surface area contributed by atoms with Gasteiger partial charge in [0.2, 0.25) is 5.91 Å². The highest BCUT2D eigenvalue weighted by molar-refractivity contribution is 7.98. The predicted molar refractivity (Wildman–Crippen MR) is 110 cm³/mol. The summed E-state index contributed by atoms with van der Waals surface area (Å²) in [5.74, 6) is 0.554. The van der Waals surface area contributed by atoms with Gasteiger partial charge in [0, 0.05) is 17.5 Å². The second-order valence-electron chi connectivity index (χ2n) is 6.59. The molecule has 0 aromatic heterocycles. The molecule has 0 saturated carbocycles. The lowest BCUT2D eigenvalue weighted by atomic mass is 10.1. The zero-order valence-electron chi connectivity index (χ0n) is 16.5. The number of hydrogen-bond donors (Lipinski definition) is 0. The molecule has 1 fully saturated rings. The Morgan fingerprint density at radius 1 is 1.11 bits per heavy atom. The summed E-state index contributed by atoms with van der Waals surface area (Å²) in [4.78, 5) is 30.0. The van der Waals surface area contributed by atoms with Gasteiger partial charge in [0.05, 0.1) is 32.4 Å². The summed E-state index contributed by atoms with van der Waals surface area (Å²) in [6.07, 6.45) is 2.18. The monoisotopic (exact) mass is 400 g/mol. The van der Waals surface area contributed by atoms with Crippen LogP contribution in [0.5, 0.6) is 11.5 Å². The van der Waals surface area contributed by atoms with Crippen molar-refractivity contribution >= 4 is 29.3 Å². The van der Waals surface area contributed by atoms with Gasteiger partial charge < -0.3 is 9.47 Å². The van der Waals surface area contributed by atoms with Crippen LogP contribution in [0.2, 0.25) is 0 Å². The third kappa shape index (κ3) is 4.00. The first kappa shape index (κ1) is 20.2. The number of imide groups is 1. The van der Waals surface area contributed by atoms with Gasteiger partial charge in [-0.15, -0.1) is 11.8 Å². The van der Waals surface area contributed by atoms with Gasteiger partial charge in [0.25, 0.3) is 5.91 Å². The molecule has 2 aromatic rings. The Kier molecular flexibility index (Phi) is 6.26. The SMILES string of the molecule is COc1ccc(N2C(=O)C[C@H](N(C)Cc3ccc(SC)cc3)C2=O)c(OC)c1. The molecule has 3 rings (SSSR count). The van der Waals surface area contributed by atoms with Crippen LogP contribution in [-0.4, -0.2) is 50.3 Å². The Morgan fingerprint density at radius 2 is 1.82 bits per heavy atom. The fourth-order valence-corrected chi connectivity index (χ4v) is 3.72. The molecule has 2 amide bonds. The van der Waals surface area contributed by atoms with Crippen molar-refractivity contribution < 1.29 is 19.1 Å². The van der Waals surface area contributed by atoms with E-state index in [4.69, 9.17) is 9.47 Å². The number of amides is 2. The Morgan fingerprint density at radius 3 is 2.43 bits per heavy atom. The molecule has 1 aliphatic heterocycles. The van der Waals surface area contributed by atoms with Crippen LogP contribution in [0, 0.1) is 0 Å². The molecule has 2 aromatic carbocycles.